The molecule has 26 heavy (non-hydrogen) atoms. The number of carbonyl (C=O) groups is 1. The van der Waals surface area contributed by atoms with Crippen LogP contribution in [0.1, 0.15) is 51.7 Å². The van der Waals surface area contributed by atoms with Crippen molar-refractivity contribution in [3.63, 3.8) is 0 Å². The molecule has 0 spiro atoms. The normalized spacial score (nSPS) is 11.5. The molecule has 5 nitrogen and oxygen atoms in total. The molecule has 0 unspecified atom stereocenters. The fourth-order valence-electron chi connectivity index (χ4n) is 2.36. The fourth-order valence-corrected chi connectivity index (χ4v) is 2.36. The van der Waals surface area contributed by atoms with Gasteiger partial charge in [-0.1, -0.05) is 52.0 Å². The van der Waals surface area contributed by atoms with Crippen molar-refractivity contribution in [1.29, 1.82) is 0 Å². The molecule has 148 valence electrons. The summed E-state index contributed by atoms with van der Waals surface area (Å²) in [6.45, 7) is 10.8. The quantitative estimate of drug-likeness (QED) is 0.308. The monoisotopic (exact) mass is 474 g/mol. The van der Waals surface area contributed by atoms with Gasteiger partial charge in [0.1, 0.15) is 0 Å². The first kappa shape index (κ1) is 24.7. The van der Waals surface area contributed by atoms with Gasteiger partial charge in [-0.05, 0) is 29.4 Å². The lowest BCUT2D eigenvalue weighted by Gasteiger charge is -2.19. The summed E-state index contributed by atoms with van der Waals surface area (Å²) in [6.07, 6.45) is 2.34. The molecule has 0 fully saturated rings. The molecule has 0 saturated carbocycles. The number of rotatable bonds is 8. The highest BCUT2D eigenvalue weighted by Crippen LogP contribution is 2.22. The minimum atomic E-state index is 0. The molecule has 0 heterocycles. The molecule has 6 heteroatoms. The third-order valence-corrected chi connectivity index (χ3v) is 3.97. The molecule has 3 N–H and O–H groups in total. The van der Waals surface area contributed by atoms with E-state index in [0.717, 1.165) is 31.9 Å². The average Bonchev–Trinajstić information content (AvgIpc) is 2.58. The van der Waals surface area contributed by atoms with Crippen LogP contribution in [0, 0.1) is 0 Å². The molecule has 0 aromatic heterocycles. The molecule has 0 bridgehead atoms. The van der Waals surface area contributed by atoms with Gasteiger partial charge in [-0.15, -0.1) is 24.0 Å². The van der Waals surface area contributed by atoms with Crippen LogP contribution in [0.3, 0.4) is 0 Å². The summed E-state index contributed by atoms with van der Waals surface area (Å²) in [7, 11) is 1.74. The van der Waals surface area contributed by atoms with E-state index in [1.54, 1.807) is 7.05 Å². The molecule has 1 rings (SSSR count). The summed E-state index contributed by atoms with van der Waals surface area (Å²) in [5.74, 6) is 0.804. The van der Waals surface area contributed by atoms with Crippen molar-refractivity contribution in [1.82, 2.24) is 16.0 Å². The molecule has 1 aromatic rings. The number of hydrogen-bond donors (Lipinski definition) is 3. The Bertz CT molecular complexity index is 550. The Morgan fingerprint density at radius 3 is 2.15 bits per heavy atom. The van der Waals surface area contributed by atoms with Crippen molar-refractivity contribution >= 4 is 35.8 Å². The Morgan fingerprint density at radius 2 is 1.62 bits per heavy atom. The molecule has 0 radical (unpaired) electrons. The van der Waals surface area contributed by atoms with Crippen LogP contribution in [0.4, 0.5) is 0 Å². The second-order valence-electron chi connectivity index (χ2n) is 7.22. The first-order chi connectivity index (χ1) is 11.9. The van der Waals surface area contributed by atoms with Crippen LogP contribution in [-0.4, -0.2) is 38.5 Å². The third kappa shape index (κ3) is 9.99. The van der Waals surface area contributed by atoms with Gasteiger partial charge in [0, 0.05) is 33.1 Å². The van der Waals surface area contributed by atoms with Gasteiger partial charge in [0.15, 0.2) is 5.96 Å². The highest BCUT2D eigenvalue weighted by atomic mass is 127. The summed E-state index contributed by atoms with van der Waals surface area (Å²) in [4.78, 5) is 15.7. The number of halogens is 1. The summed E-state index contributed by atoms with van der Waals surface area (Å²) < 4.78 is 0. The van der Waals surface area contributed by atoms with Crippen molar-refractivity contribution in [2.24, 2.45) is 4.99 Å². The number of amides is 1. The zero-order valence-electron chi connectivity index (χ0n) is 16.8. The lowest BCUT2D eigenvalue weighted by Crippen LogP contribution is -2.40. The number of benzene rings is 1. The lowest BCUT2D eigenvalue weighted by atomic mass is 9.86. The number of aliphatic imine (C=N–C) groups is 1. The molecule has 0 saturated heterocycles. The van der Waals surface area contributed by atoms with E-state index in [0.29, 0.717) is 13.0 Å². The van der Waals surface area contributed by atoms with Gasteiger partial charge >= 0.3 is 0 Å². The van der Waals surface area contributed by atoms with Crippen molar-refractivity contribution in [3.8, 4) is 0 Å². The number of hydrogen-bond acceptors (Lipinski definition) is 2. The maximum atomic E-state index is 11.6. The predicted molar refractivity (Wildman–Crippen MR) is 122 cm³/mol. The minimum absolute atomic E-state index is 0. The van der Waals surface area contributed by atoms with Crippen molar-refractivity contribution in [3.05, 3.63) is 35.4 Å². The smallest absolute Gasteiger partial charge is 0.221 e. The zero-order chi connectivity index (χ0) is 18.7. The summed E-state index contributed by atoms with van der Waals surface area (Å²) >= 11 is 0. The molecule has 1 amide bonds. The van der Waals surface area contributed by atoms with Gasteiger partial charge in [-0.2, -0.15) is 0 Å². The first-order valence-corrected chi connectivity index (χ1v) is 9.17. The fraction of sp³-hybridized carbons (Fsp3) is 0.600. The Balaban J connectivity index is 0.00000625. The van der Waals surface area contributed by atoms with Crippen molar-refractivity contribution < 1.29 is 4.79 Å². The average molecular weight is 474 g/mol. The van der Waals surface area contributed by atoms with Gasteiger partial charge in [-0.25, -0.2) is 0 Å². The van der Waals surface area contributed by atoms with E-state index in [2.05, 4.69) is 66.0 Å². The van der Waals surface area contributed by atoms with E-state index in [1.807, 2.05) is 6.92 Å². The maximum absolute atomic E-state index is 11.6. The maximum Gasteiger partial charge on any atom is 0.221 e. The Hall–Kier alpha value is -1.31. The van der Waals surface area contributed by atoms with Crippen molar-refractivity contribution in [2.45, 2.75) is 52.4 Å². The van der Waals surface area contributed by atoms with Crippen LogP contribution in [0.5, 0.6) is 0 Å². The van der Waals surface area contributed by atoms with Gasteiger partial charge in [-0.3, -0.25) is 9.79 Å². The molecule has 0 atom stereocenters. The molecular weight excluding hydrogens is 439 g/mol. The second kappa shape index (κ2) is 12.9. The minimum Gasteiger partial charge on any atom is -0.356 e. The number of carbonyl (C=O) groups excluding carboxylic acids is 1. The number of nitrogens with one attached hydrogen (secondary N) is 3. The Kier molecular flexibility index (Phi) is 12.3. The van der Waals surface area contributed by atoms with E-state index in [9.17, 15) is 4.79 Å². The molecular formula is C20H35IN4O. The van der Waals surface area contributed by atoms with E-state index >= 15 is 0 Å². The second-order valence-corrected chi connectivity index (χ2v) is 7.22. The van der Waals surface area contributed by atoms with Crippen LogP contribution in [-0.2, 0) is 16.6 Å². The van der Waals surface area contributed by atoms with Gasteiger partial charge < -0.3 is 16.0 Å². The highest BCUT2D eigenvalue weighted by Gasteiger charge is 2.12. The summed E-state index contributed by atoms with van der Waals surface area (Å²) in [5.41, 5.74) is 2.84. The van der Waals surface area contributed by atoms with Crippen LogP contribution in [0.25, 0.3) is 0 Å². The Labute approximate surface area is 175 Å². The SMILES string of the molecule is CCCNC(=O)CCNC(=NC)NCCc1ccc(C(C)(C)C)cc1.I. The molecule has 0 aliphatic heterocycles. The summed E-state index contributed by atoms with van der Waals surface area (Å²) in [6, 6.07) is 8.79. The topological polar surface area (TPSA) is 65.5 Å². The van der Waals surface area contributed by atoms with Crippen LogP contribution in [0.15, 0.2) is 29.3 Å². The largest absolute Gasteiger partial charge is 0.356 e. The highest BCUT2D eigenvalue weighted by molar-refractivity contribution is 14.0. The van der Waals surface area contributed by atoms with Crippen LogP contribution < -0.4 is 16.0 Å². The number of nitrogens with zero attached hydrogens (tertiary/aromatic N) is 1. The third-order valence-electron chi connectivity index (χ3n) is 3.97. The van der Waals surface area contributed by atoms with Gasteiger partial charge in [0.2, 0.25) is 5.91 Å². The van der Waals surface area contributed by atoms with E-state index in [4.69, 9.17) is 0 Å². The first-order valence-electron chi connectivity index (χ1n) is 9.17. The van der Waals surface area contributed by atoms with Crippen LogP contribution >= 0.6 is 24.0 Å². The summed E-state index contributed by atoms with van der Waals surface area (Å²) in [5, 5.41) is 9.32. The van der Waals surface area contributed by atoms with Gasteiger partial charge in [0.05, 0.1) is 0 Å². The molecule has 1 aromatic carbocycles. The molecule has 0 aliphatic carbocycles. The van der Waals surface area contributed by atoms with Crippen LogP contribution in [0.2, 0.25) is 0 Å². The van der Waals surface area contributed by atoms with E-state index in [-0.39, 0.29) is 35.3 Å². The van der Waals surface area contributed by atoms with Gasteiger partial charge in [0.25, 0.3) is 0 Å². The standard InChI is InChI=1S/C20H34N4O.HI/c1-6-13-22-18(25)12-15-24-19(21-5)23-14-11-16-7-9-17(10-8-16)20(2,3)4;/h7-10H,6,11-15H2,1-5H3,(H,22,25)(H2,21,23,24);1H. The molecule has 0 aliphatic rings. The Morgan fingerprint density at radius 1 is 1.00 bits per heavy atom. The van der Waals surface area contributed by atoms with E-state index < -0.39 is 0 Å². The zero-order valence-corrected chi connectivity index (χ0v) is 19.1. The lowest BCUT2D eigenvalue weighted by molar-refractivity contribution is -0.120. The van der Waals surface area contributed by atoms with E-state index in [1.165, 1.54) is 11.1 Å². The van der Waals surface area contributed by atoms with Crippen molar-refractivity contribution in [2.75, 3.05) is 26.7 Å². The predicted octanol–water partition coefficient (Wildman–Crippen LogP) is 3.23. The number of guanidine groups is 1.